The highest BCUT2D eigenvalue weighted by Gasteiger charge is 2.25. The van der Waals surface area contributed by atoms with E-state index in [-0.39, 0.29) is 0 Å². The van der Waals surface area contributed by atoms with Gasteiger partial charge in [-0.15, -0.1) is 0 Å². The van der Waals surface area contributed by atoms with E-state index < -0.39 is 5.60 Å². The maximum Gasteiger partial charge on any atom is 0.135 e. The Labute approximate surface area is 161 Å². The molecule has 0 amide bonds. The number of hydrogen-bond acceptors (Lipinski definition) is 5. The van der Waals surface area contributed by atoms with Gasteiger partial charge in [-0.25, -0.2) is 9.97 Å². The summed E-state index contributed by atoms with van der Waals surface area (Å²) in [6, 6.07) is 9.03. The Balaban J connectivity index is 1.60. The van der Waals surface area contributed by atoms with Gasteiger partial charge in [0.25, 0.3) is 0 Å². The van der Waals surface area contributed by atoms with Crippen LogP contribution in [0.25, 0.3) is 0 Å². The standard InChI is InChI=1S/C22H30N4O/c1-14(2)21-24-19(23-18-7-8-18)12-20(25-21)26-10-9-15-11-17(22(3,4)27)6-5-16(15)13-26/h5-6,11-12,14,18,27H,7-10,13H2,1-4H3,(H,23,24,25). The summed E-state index contributed by atoms with van der Waals surface area (Å²) in [5.41, 5.74) is 2.83. The summed E-state index contributed by atoms with van der Waals surface area (Å²) in [6.45, 7) is 9.74. The molecule has 2 heterocycles. The van der Waals surface area contributed by atoms with E-state index in [0.29, 0.717) is 12.0 Å². The molecule has 1 aromatic heterocycles. The Morgan fingerprint density at radius 2 is 1.93 bits per heavy atom. The maximum atomic E-state index is 10.3. The van der Waals surface area contributed by atoms with Crippen LogP contribution in [-0.2, 0) is 18.6 Å². The first-order valence-electron chi connectivity index (χ1n) is 10.0. The van der Waals surface area contributed by atoms with Gasteiger partial charge < -0.3 is 15.3 Å². The minimum absolute atomic E-state index is 0.302. The number of hydrogen-bond donors (Lipinski definition) is 2. The molecule has 2 N–H and O–H groups in total. The van der Waals surface area contributed by atoms with Crippen LogP contribution in [0, 0.1) is 0 Å². The summed E-state index contributed by atoms with van der Waals surface area (Å²) in [7, 11) is 0. The van der Waals surface area contributed by atoms with Gasteiger partial charge in [0.15, 0.2) is 0 Å². The van der Waals surface area contributed by atoms with Gasteiger partial charge in [0.2, 0.25) is 0 Å². The maximum absolute atomic E-state index is 10.3. The summed E-state index contributed by atoms with van der Waals surface area (Å²) in [5, 5.41) is 13.8. The van der Waals surface area contributed by atoms with Crippen molar-refractivity contribution in [2.24, 2.45) is 0 Å². The largest absolute Gasteiger partial charge is 0.386 e. The highest BCUT2D eigenvalue weighted by Crippen LogP contribution is 2.30. The number of aromatic nitrogens is 2. The second-order valence-corrected chi connectivity index (χ2v) is 8.76. The van der Waals surface area contributed by atoms with Crippen molar-refractivity contribution >= 4 is 11.6 Å². The van der Waals surface area contributed by atoms with E-state index in [4.69, 9.17) is 9.97 Å². The van der Waals surface area contributed by atoms with Crippen molar-refractivity contribution < 1.29 is 5.11 Å². The van der Waals surface area contributed by atoms with E-state index in [1.807, 2.05) is 19.9 Å². The molecular formula is C22H30N4O. The quantitative estimate of drug-likeness (QED) is 0.839. The Morgan fingerprint density at radius 3 is 2.59 bits per heavy atom. The molecule has 5 nitrogen and oxygen atoms in total. The van der Waals surface area contributed by atoms with Gasteiger partial charge in [-0.1, -0.05) is 32.0 Å². The van der Waals surface area contributed by atoms with E-state index in [0.717, 1.165) is 42.5 Å². The molecule has 0 unspecified atom stereocenters. The number of anilines is 2. The molecule has 2 aliphatic rings. The predicted octanol–water partition coefficient (Wildman–Crippen LogP) is 3.96. The van der Waals surface area contributed by atoms with E-state index in [1.54, 1.807) is 0 Å². The molecular weight excluding hydrogens is 336 g/mol. The summed E-state index contributed by atoms with van der Waals surface area (Å²) < 4.78 is 0. The van der Waals surface area contributed by atoms with E-state index in [2.05, 4.69) is 42.3 Å². The lowest BCUT2D eigenvalue weighted by atomic mass is 9.91. The van der Waals surface area contributed by atoms with Gasteiger partial charge in [0, 0.05) is 31.1 Å². The van der Waals surface area contributed by atoms with E-state index in [1.165, 1.54) is 24.0 Å². The smallest absolute Gasteiger partial charge is 0.135 e. The molecule has 27 heavy (non-hydrogen) atoms. The highest BCUT2D eigenvalue weighted by atomic mass is 16.3. The fourth-order valence-electron chi connectivity index (χ4n) is 3.51. The molecule has 2 aromatic rings. The average molecular weight is 367 g/mol. The van der Waals surface area contributed by atoms with Crippen molar-refractivity contribution in [3.05, 3.63) is 46.8 Å². The molecule has 4 rings (SSSR count). The second kappa shape index (κ2) is 6.79. The molecule has 1 saturated carbocycles. The van der Waals surface area contributed by atoms with Crippen molar-refractivity contribution in [1.82, 2.24) is 9.97 Å². The van der Waals surface area contributed by atoms with Gasteiger partial charge in [-0.3, -0.25) is 0 Å². The molecule has 0 bridgehead atoms. The molecule has 0 radical (unpaired) electrons. The Bertz CT molecular complexity index is 837. The zero-order valence-corrected chi connectivity index (χ0v) is 16.8. The second-order valence-electron chi connectivity index (χ2n) is 8.76. The number of nitrogens with one attached hydrogen (secondary N) is 1. The zero-order chi connectivity index (χ0) is 19.2. The third-order valence-corrected chi connectivity index (χ3v) is 5.42. The Hall–Kier alpha value is -2.14. The van der Waals surface area contributed by atoms with Gasteiger partial charge in [0.1, 0.15) is 17.5 Å². The van der Waals surface area contributed by atoms with Crippen LogP contribution >= 0.6 is 0 Å². The zero-order valence-electron chi connectivity index (χ0n) is 16.8. The molecule has 1 aromatic carbocycles. The molecule has 1 aliphatic carbocycles. The number of benzene rings is 1. The lowest BCUT2D eigenvalue weighted by Crippen LogP contribution is -2.32. The predicted molar refractivity (Wildman–Crippen MR) is 109 cm³/mol. The minimum Gasteiger partial charge on any atom is -0.386 e. The summed E-state index contributed by atoms with van der Waals surface area (Å²) in [5.74, 6) is 3.17. The number of aliphatic hydroxyl groups is 1. The van der Waals surface area contributed by atoms with Crippen LogP contribution in [-0.4, -0.2) is 27.7 Å². The van der Waals surface area contributed by atoms with Gasteiger partial charge in [-0.05, 0) is 49.8 Å². The van der Waals surface area contributed by atoms with Crippen molar-refractivity contribution in [3.8, 4) is 0 Å². The first kappa shape index (κ1) is 18.2. The number of rotatable bonds is 5. The van der Waals surface area contributed by atoms with Gasteiger partial charge >= 0.3 is 0 Å². The topological polar surface area (TPSA) is 61.3 Å². The van der Waals surface area contributed by atoms with Crippen LogP contribution in [0.3, 0.4) is 0 Å². The number of nitrogens with zero attached hydrogens (tertiary/aromatic N) is 3. The van der Waals surface area contributed by atoms with Gasteiger partial charge in [0.05, 0.1) is 5.60 Å². The molecule has 0 saturated heterocycles. The lowest BCUT2D eigenvalue weighted by molar-refractivity contribution is 0.0785. The van der Waals surface area contributed by atoms with Gasteiger partial charge in [-0.2, -0.15) is 0 Å². The minimum atomic E-state index is -0.797. The third-order valence-electron chi connectivity index (χ3n) is 5.42. The normalized spacial score (nSPS) is 17.2. The van der Waals surface area contributed by atoms with Crippen molar-refractivity contribution in [3.63, 3.8) is 0 Å². The lowest BCUT2D eigenvalue weighted by Gasteiger charge is -2.31. The van der Waals surface area contributed by atoms with Crippen LogP contribution in [0.2, 0.25) is 0 Å². The molecule has 1 aliphatic heterocycles. The van der Waals surface area contributed by atoms with Crippen molar-refractivity contribution in [2.45, 2.75) is 71.1 Å². The summed E-state index contributed by atoms with van der Waals surface area (Å²) in [4.78, 5) is 11.9. The fourth-order valence-corrected chi connectivity index (χ4v) is 3.51. The van der Waals surface area contributed by atoms with Crippen molar-refractivity contribution in [1.29, 1.82) is 0 Å². The molecule has 144 valence electrons. The molecule has 5 heteroatoms. The first-order valence-corrected chi connectivity index (χ1v) is 10.0. The summed E-state index contributed by atoms with van der Waals surface area (Å²) >= 11 is 0. The monoisotopic (exact) mass is 366 g/mol. The number of fused-ring (bicyclic) bond motifs is 1. The Morgan fingerprint density at radius 1 is 1.15 bits per heavy atom. The molecule has 1 fully saturated rings. The SMILES string of the molecule is CC(C)c1nc(NC2CC2)cc(N2CCc3cc(C(C)(C)O)ccc3C2)n1. The van der Waals surface area contributed by atoms with Crippen LogP contribution < -0.4 is 10.2 Å². The van der Waals surface area contributed by atoms with Crippen LogP contribution in [0.5, 0.6) is 0 Å². The van der Waals surface area contributed by atoms with Crippen LogP contribution in [0.1, 0.15) is 69.0 Å². The highest BCUT2D eigenvalue weighted by molar-refractivity contribution is 5.53. The molecule has 0 spiro atoms. The van der Waals surface area contributed by atoms with Crippen LogP contribution in [0.15, 0.2) is 24.3 Å². The van der Waals surface area contributed by atoms with Crippen molar-refractivity contribution in [2.75, 3.05) is 16.8 Å². The average Bonchev–Trinajstić information content (AvgIpc) is 3.43. The Kier molecular flexibility index (Phi) is 4.58. The van der Waals surface area contributed by atoms with E-state index in [9.17, 15) is 5.11 Å². The van der Waals surface area contributed by atoms with Crippen LogP contribution in [0.4, 0.5) is 11.6 Å². The third kappa shape index (κ3) is 4.08. The van der Waals surface area contributed by atoms with E-state index >= 15 is 0 Å². The molecule has 0 atom stereocenters. The first-order chi connectivity index (χ1) is 12.8. The summed E-state index contributed by atoms with van der Waals surface area (Å²) in [6.07, 6.45) is 3.43. The fraction of sp³-hybridized carbons (Fsp3) is 0.545.